The third-order valence-corrected chi connectivity index (χ3v) is 5.73. The fraction of sp³-hybridized carbons (Fsp3) is 0.333. The van der Waals surface area contributed by atoms with Crippen LogP contribution in [0.4, 0.5) is 11.6 Å². The normalized spacial score (nSPS) is 13.8. The molecule has 2 aromatic heterocycles. The van der Waals surface area contributed by atoms with E-state index in [0.29, 0.717) is 6.54 Å². The monoisotopic (exact) mass is 431 g/mol. The fourth-order valence-corrected chi connectivity index (χ4v) is 3.89. The van der Waals surface area contributed by atoms with Crippen LogP contribution in [0.25, 0.3) is 11.1 Å². The highest BCUT2D eigenvalue weighted by atomic mass is 16.2. The van der Waals surface area contributed by atoms with Crippen molar-refractivity contribution in [2.75, 3.05) is 49.6 Å². The van der Waals surface area contributed by atoms with Crippen molar-refractivity contribution in [1.29, 1.82) is 0 Å². The van der Waals surface area contributed by atoms with Crippen LogP contribution in [0, 0.1) is 6.92 Å². The molecule has 3 heterocycles. The third kappa shape index (κ3) is 5.03. The van der Waals surface area contributed by atoms with Crippen LogP contribution >= 0.6 is 0 Å². The predicted molar refractivity (Wildman–Crippen MR) is 126 cm³/mol. The molecule has 0 aliphatic carbocycles. The summed E-state index contributed by atoms with van der Waals surface area (Å²) in [7, 11) is 1.76. The van der Waals surface area contributed by atoms with Crippen molar-refractivity contribution < 1.29 is 4.79 Å². The Morgan fingerprint density at radius 1 is 1.00 bits per heavy atom. The van der Waals surface area contributed by atoms with Crippen LogP contribution in [0.5, 0.6) is 0 Å². The molecule has 0 unspecified atom stereocenters. The number of aryl methyl sites for hydroxylation is 1. The number of pyridine rings is 1. The molecule has 0 atom stereocenters. The highest BCUT2D eigenvalue weighted by molar-refractivity contribution is 5.77. The molecule has 1 amide bonds. The number of hydrogen-bond donors (Lipinski definition) is 1. The van der Waals surface area contributed by atoms with Crippen molar-refractivity contribution >= 4 is 17.5 Å². The summed E-state index contributed by atoms with van der Waals surface area (Å²) in [5.74, 6) is 0.672. The summed E-state index contributed by atoms with van der Waals surface area (Å²) >= 11 is 0. The summed E-state index contributed by atoms with van der Waals surface area (Å²) in [6.07, 6.45) is 5.60. The van der Waals surface area contributed by atoms with Crippen LogP contribution in [-0.2, 0) is 11.3 Å². The molecule has 1 saturated heterocycles. The maximum absolute atomic E-state index is 11.7. The third-order valence-electron chi connectivity index (χ3n) is 5.73. The molecule has 0 radical (unpaired) electrons. The van der Waals surface area contributed by atoms with Gasteiger partial charge in [0.15, 0.2) is 0 Å². The average molecular weight is 432 g/mol. The first kappa shape index (κ1) is 21.7. The summed E-state index contributed by atoms with van der Waals surface area (Å²) in [5, 5.41) is 0. The second-order valence-corrected chi connectivity index (χ2v) is 8.06. The number of anilines is 2. The van der Waals surface area contributed by atoms with Crippen molar-refractivity contribution in [3.63, 3.8) is 0 Å². The molecule has 8 nitrogen and oxygen atoms in total. The molecule has 4 rings (SSSR count). The summed E-state index contributed by atoms with van der Waals surface area (Å²) in [6, 6.07) is 12.3. The van der Waals surface area contributed by atoms with Gasteiger partial charge in [0, 0.05) is 75.3 Å². The number of carbonyl (C=O) groups is 1. The molecular formula is C24H29N7O. The summed E-state index contributed by atoms with van der Waals surface area (Å²) in [5.41, 5.74) is 10.7. The van der Waals surface area contributed by atoms with Crippen LogP contribution in [0.1, 0.15) is 11.3 Å². The Bertz CT molecular complexity index is 1060. The zero-order valence-corrected chi connectivity index (χ0v) is 18.6. The molecule has 3 aromatic rings. The van der Waals surface area contributed by atoms with Crippen LogP contribution in [0.2, 0.25) is 0 Å². The Hall–Kier alpha value is -3.52. The molecule has 1 aromatic carbocycles. The zero-order chi connectivity index (χ0) is 22.5. The first-order valence-corrected chi connectivity index (χ1v) is 10.8. The fourth-order valence-electron chi connectivity index (χ4n) is 3.89. The largest absolute Gasteiger partial charge is 0.368 e. The minimum absolute atomic E-state index is 0.0158. The van der Waals surface area contributed by atoms with E-state index in [9.17, 15) is 4.79 Å². The Morgan fingerprint density at radius 2 is 1.72 bits per heavy atom. The molecule has 0 saturated carbocycles. The number of amides is 1. The van der Waals surface area contributed by atoms with Crippen LogP contribution in [0.15, 0.2) is 55.0 Å². The number of likely N-dealkylation sites (N-methyl/N-ethyl adjacent to an activating group) is 1. The number of benzene rings is 1. The molecule has 2 N–H and O–H groups in total. The molecule has 1 aliphatic heterocycles. The topological polar surface area (TPSA) is 91.5 Å². The van der Waals surface area contributed by atoms with Crippen LogP contribution < -0.4 is 15.5 Å². The van der Waals surface area contributed by atoms with Crippen molar-refractivity contribution in [1.82, 2.24) is 19.9 Å². The molecule has 32 heavy (non-hydrogen) atoms. The van der Waals surface area contributed by atoms with E-state index in [-0.39, 0.29) is 12.5 Å². The number of aromatic nitrogens is 3. The number of rotatable bonds is 6. The summed E-state index contributed by atoms with van der Waals surface area (Å²) in [4.78, 5) is 31.5. The highest BCUT2D eigenvalue weighted by Crippen LogP contribution is 2.22. The summed E-state index contributed by atoms with van der Waals surface area (Å²) in [6.45, 7) is 6.14. The van der Waals surface area contributed by atoms with Gasteiger partial charge in [-0.1, -0.05) is 18.2 Å². The Balaban J connectivity index is 1.40. The van der Waals surface area contributed by atoms with Gasteiger partial charge < -0.3 is 20.4 Å². The van der Waals surface area contributed by atoms with Gasteiger partial charge in [-0.3, -0.25) is 9.78 Å². The average Bonchev–Trinajstić information content (AvgIpc) is 2.84. The molecule has 8 heteroatoms. The van der Waals surface area contributed by atoms with Gasteiger partial charge in [-0.25, -0.2) is 9.97 Å². The van der Waals surface area contributed by atoms with E-state index in [4.69, 9.17) is 5.73 Å². The number of hydrogen-bond acceptors (Lipinski definition) is 7. The molecule has 1 fully saturated rings. The van der Waals surface area contributed by atoms with E-state index in [1.807, 2.05) is 43.7 Å². The lowest BCUT2D eigenvalue weighted by Gasteiger charge is -2.36. The van der Waals surface area contributed by atoms with Gasteiger partial charge in [0.2, 0.25) is 11.9 Å². The molecule has 0 bridgehead atoms. The molecule has 1 aliphatic rings. The SMILES string of the molecule is Cc1cc(N2CCN(c3ncc(-c4cccc(CN(C)C(=O)CN)c4)cn3)CC2)ccn1. The maximum Gasteiger partial charge on any atom is 0.236 e. The zero-order valence-electron chi connectivity index (χ0n) is 18.6. The number of nitrogens with two attached hydrogens (primary N) is 1. The van der Waals surface area contributed by atoms with Crippen molar-refractivity contribution in [2.45, 2.75) is 13.5 Å². The number of nitrogens with zero attached hydrogens (tertiary/aromatic N) is 6. The van der Waals surface area contributed by atoms with E-state index in [1.54, 1.807) is 11.9 Å². The minimum Gasteiger partial charge on any atom is -0.368 e. The van der Waals surface area contributed by atoms with Gasteiger partial charge in [-0.2, -0.15) is 0 Å². The van der Waals surface area contributed by atoms with Gasteiger partial charge in [0.05, 0.1) is 6.54 Å². The van der Waals surface area contributed by atoms with Crippen LogP contribution in [0.3, 0.4) is 0 Å². The van der Waals surface area contributed by atoms with Crippen molar-refractivity contribution in [3.05, 3.63) is 66.2 Å². The Kier molecular flexibility index (Phi) is 6.61. The quantitative estimate of drug-likeness (QED) is 0.639. The minimum atomic E-state index is -0.0812. The van der Waals surface area contributed by atoms with E-state index < -0.39 is 0 Å². The smallest absolute Gasteiger partial charge is 0.236 e. The standard InChI is InChI=1S/C24H29N7O/c1-18-12-22(6-7-26-18)30-8-10-31(11-9-30)24-27-15-21(16-28-24)20-5-3-4-19(13-20)17-29(2)23(32)14-25/h3-7,12-13,15-16H,8-11,14,17,25H2,1-2H3. The second-order valence-electron chi connectivity index (χ2n) is 8.06. The molecule has 0 spiro atoms. The van der Waals surface area contributed by atoms with Gasteiger partial charge in [0.1, 0.15) is 0 Å². The Morgan fingerprint density at radius 3 is 2.41 bits per heavy atom. The van der Waals surface area contributed by atoms with Gasteiger partial charge >= 0.3 is 0 Å². The van der Waals surface area contributed by atoms with Crippen LogP contribution in [-0.4, -0.2) is 65.5 Å². The van der Waals surface area contributed by atoms with Crippen molar-refractivity contribution in [2.24, 2.45) is 5.73 Å². The summed E-state index contributed by atoms with van der Waals surface area (Å²) < 4.78 is 0. The number of piperazine rings is 1. The van der Waals surface area contributed by atoms with Gasteiger partial charge in [-0.15, -0.1) is 0 Å². The van der Waals surface area contributed by atoms with E-state index >= 15 is 0 Å². The second kappa shape index (κ2) is 9.74. The highest BCUT2D eigenvalue weighted by Gasteiger charge is 2.19. The van der Waals surface area contributed by atoms with Crippen molar-refractivity contribution in [3.8, 4) is 11.1 Å². The molecular weight excluding hydrogens is 402 g/mol. The predicted octanol–water partition coefficient (Wildman–Crippen LogP) is 2.09. The Labute approximate surface area is 188 Å². The van der Waals surface area contributed by atoms with Gasteiger partial charge in [-0.05, 0) is 36.2 Å². The maximum atomic E-state index is 11.7. The first-order valence-electron chi connectivity index (χ1n) is 10.8. The first-order chi connectivity index (χ1) is 15.5. The number of carbonyl (C=O) groups excluding carboxylic acids is 1. The van der Waals surface area contributed by atoms with E-state index in [0.717, 1.165) is 54.5 Å². The van der Waals surface area contributed by atoms with E-state index in [1.165, 1.54) is 5.69 Å². The molecule has 166 valence electrons. The lowest BCUT2D eigenvalue weighted by molar-refractivity contribution is -0.128. The lowest BCUT2D eigenvalue weighted by atomic mass is 10.1. The lowest BCUT2D eigenvalue weighted by Crippen LogP contribution is -2.47. The van der Waals surface area contributed by atoms with E-state index in [2.05, 4.69) is 43.0 Å². The van der Waals surface area contributed by atoms with Gasteiger partial charge in [0.25, 0.3) is 0 Å².